The van der Waals surface area contributed by atoms with Crippen molar-refractivity contribution in [3.05, 3.63) is 64.5 Å². The minimum absolute atomic E-state index is 0.0287. The molecule has 3 aromatic rings. The second-order valence-corrected chi connectivity index (χ2v) is 8.70. The van der Waals surface area contributed by atoms with E-state index in [-0.39, 0.29) is 5.91 Å². The molecule has 0 saturated carbocycles. The van der Waals surface area contributed by atoms with Crippen molar-refractivity contribution < 1.29 is 4.79 Å². The molecule has 0 atom stereocenters. The Hall–Kier alpha value is -2.11. The number of aromatic nitrogens is 1. The Balaban J connectivity index is 1.47. The van der Waals surface area contributed by atoms with Crippen molar-refractivity contribution in [1.82, 2.24) is 4.98 Å². The number of hydrogen-bond donors (Lipinski definition) is 1. The molecule has 0 aliphatic carbocycles. The summed E-state index contributed by atoms with van der Waals surface area (Å²) in [4.78, 5) is 18.0. The van der Waals surface area contributed by atoms with Crippen molar-refractivity contribution in [1.29, 1.82) is 0 Å². The number of nitrogens with one attached hydrogen (secondary N) is 1. The van der Waals surface area contributed by atoms with Crippen LogP contribution < -0.4 is 5.32 Å². The maximum absolute atomic E-state index is 12.2. The third-order valence-corrected chi connectivity index (χ3v) is 6.10. The van der Waals surface area contributed by atoms with Gasteiger partial charge in [0, 0.05) is 22.3 Å². The molecule has 27 heavy (non-hydrogen) atoms. The fourth-order valence-electron chi connectivity index (χ4n) is 2.79. The van der Waals surface area contributed by atoms with Crippen molar-refractivity contribution >= 4 is 34.1 Å². The molecule has 2 aromatic carbocycles. The summed E-state index contributed by atoms with van der Waals surface area (Å²) < 4.78 is 0. The van der Waals surface area contributed by atoms with E-state index in [9.17, 15) is 4.79 Å². The molecule has 1 aromatic heterocycles. The maximum atomic E-state index is 12.2. The highest BCUT2D eigenvalue weighted by Crippen LogP contribution is 2.28. The summed E-state index contributed by atoms with van der Waals surface area (Å²) in [7, 11) is 0. The molecule has 1 amide bonds. The monoisotopic (exact) mass is 396 g/mol. The van der Waals surface area contributed by atoms with Gasteiger partial charge in [-0.2, -0.15) is 0 Å². The molecular weight excluding hydrogens is 372 g/mol. The first-order valence-corrected chi connectivity index (χ1v) is 10.9. The number of carbonyl (C=O) groups is 1. The zero-order chi connectivity index (χ0) is 19.2. The van der Waals surface area contributed by atoms with Crippen molar-refractivity contribution in [2.45, 2.75) is 38.5 Å². The number of hydrogen-bond acceptors (Lipinski definition) is 4. The molecule has 3 rings (SSSR count). The smallest absolute Gasteiger partial charge is 0.226 e. The third-order valence-electron chi connectivity index (χ3n) is 4.25. The fraction of sp³-hybridized carbons (Fsp3) is 0.273. The summed E-state index contributed by atoms with van der Waals surface area (Å²) in [5.41, 5.74) is 5.74. The van der Waals surface area contributed by atoms with E-state index in [4.69, 9.17) is 0 Å². The lowest BCUT2D eigenvalue weighted by atomic mass is 10.0. The second-order valence-electron chi connectivity index (χ2n) is 6.67. The van der Waals surface area contributed by atoms with Crippen LogP contribution in [0.15, 0.2) is 52.7 Å². The number of anilines is 1. The van der Waals surface area contributed by atoms with Crippen LogP contribution in [0.4, 0.5) is 5.13 Å². The van der Waals surface area contributed by atoms with Crippen molar-refractivity contribution in [2.24, 2.45) is 0 Å². The molecule has 0 fully saturated rings. The predicted octanol–water partition coefficient (Wildman–Crippen LogP) is 6.25. The van der Waals surface area contributed by atoms with Crippen LogP contribution in [0.3, 0.4) is 0 Å². The molecule has 3 nitrogen and oxygen atoms in total. The van der Waals surface area contributed by atoms with Crippen LogP contribution in [0.2, 0.25) is 0 Å². The fourth-order valence-corrected chi connectivity index (χ4v) is 4.37. The minimum atomic E-state index is 0.0287. The molecule has 0 radical (unpaired) electrons. The van der Waals surface area contributed by atoms with E-state index in [2.05, 4.69) is 73.5 Å². The standard InChI is InChI=1S/C22H24N2OS2/c1-15-6-9-18(10-7-15)26-12-4-5-21(25)24-22-23-20(14-27-22)19-11-8-16(2)13-17(19)3/h6-11,13-14H,4-5,12H2,1-3H3,(H,23,24,25). The first kappa shape index (κ1) is 19.6. The number of benzene rings is 2. The van der Waals surface area contributed by atoms with E-state index in [1.165, 1.54) is 32.9 Å². The van der Waals surface area contributed by atoms with Crippen LogP contribution in [0, 0.1) is 20.8 Å². The van der Waals surface area contributed by atoms with Crippen LogP contribution in [0.1, 0.15) is 29.5 Å². The minimum Gasteiger partial charge on any atom is -0.302 e. The Morgan fingerprint density at radius 2 is 1.81 bits per heavy atom. The normalized spacial score (nSPS) is 10.8. The summed E-state index contributed by atoms with van der Waals surface area (Å²) in [6.45, 7) is 6.26. The van der Waals surface area contributed by atoms with Gasteiger partial charge in [-0.1, -0.05) is 41.5 Å². The van der Waals surface area contributed by atoms with Crippen molar-refractivity contribution in [3.8, 4) is 11.3 Å². The van der Waals surface area contributed by atoms with E-state index in [1.807, 2.05) is 5.38 Å². The van der Waals surface area contributed by atoms with E-state index >= 15 is 0 Å². The number of nitrogens with zero attached hydrogens (tertiary/aromatic N) is 1. The van der Waals surface area contributed by atoms with Gasteiger partial charge in [-0.3, -0.25) is 4.79 Å². The lowest BCUT2D eigenvalue weighted by molar-refractivity contribution is -0.116. The van der Waals surface area contributed by atoms with Gasteiger partial charge in [-0.15, -0.1) is 23.1 Å². The van der Waals surface area contributed by atoms with Gasteiger partial charge in [-0.05, 0) is 50.6 Å². The number of rotatable bonds is 7. The van der Waals surface area contributed by atoms with E-state index in [0.717, 1.165) is 23.4 Å². The summed E-state index contributed by atoms with van der Waals surface area (Å²) in [6, 6.07) is 14.8. The van der Waals surface area contributed by atoms with Gasteiger partial charge >= 0.3 is 0 Å². The zero-order valence-electron chi connectivity index (χ0n) is 15.9. The Morgan fingerprint density at radius 1 is 1.07 bits per heavy atom. The molecule has 0 unspecified atom stereocenters. The van der Waals surface area contributed by atoms with Gasteiger partial charge in [0.05, 0.1) is 5.69 Å². The highest BCUT2D eigenvalue weighted by molar-refractivity contribution is 7.99. The van der Waals surface area contributed by atoms with Crippen LogP contribution >= 0.6 is 23.1 Å². The van der Waals surface area contributed by atoms with Gasteiger partial charge < -0.3 is 5.32 Å². The molecular formula is C22H24N2OS2. The largest absolute Gasteiger partial charge is 0.302 e. The Labute approximate surface area is 169 Å². The van der Waals surface area contributed by atoms with Crippen molar-refractivity contribution in [2.75, 3.05) is 11.1 Å². The Kier molecular flexibility index (Phi) is 6.69. The molecule has 0 saturated heterocycles. The summed E-state index contributed by atoms with van der Waals surface area (Å²) >= 11 is 3.26. The summed E-state index contributed by atoms with van der Waals surface area (Å²) in [5, 5.41) is 5.60. The van der Waals surface area contributed by atoms with Gasteiger partial charge in [0.1, 0.15) is 0 Å². The maximum Gasteiger partial charge on any atom is 0.226 e. The van der Waals surface area contributed by atoms with Crippen LogP contribution in [0.25, 0.3) is 11.3 Å². The molecule has 0 bridgehead atoms. The molecule has 1 N–H and O–H groups in total. The van der Waals surface area contributed by atoms with Crippen LogP contribution in [-0.4, -0.2) is 16.6 Å². The highest BCUT2D eigenvalue weighted by Gasteiger charge is 2.10. The summed E-state index contributed by atoms with van der Waals surface area (Å²) in [6.07, 6.45) is 1.36. The van der Waals surface area contributed by atoms with Crippen LogP contribution in [-0.2, 0) is 4.79 Å². The first-order chi connectivity index (χ1) is 13.0. The Morgan fingerprint density at radius 3 is 2.56 bits per heavy atom. The first-order valence-electron chi connectivity index (χ1n) is 9.04. The molecule has 1 heterocycles. The van der Waals surface area contributed by atoms with E-state index in [1.54, 1.807) is 11.8 Å². The lowest BCUT2D eigenvalue weighted by Gasteiger charge is -2.04. The van der Waals surface area contributed by atoms with Gasteiger partial charge in [0.2, 0.25) is 5.91 Å². The van der Waals surface area contributed by atoms with Gasteiger partial charge in [0.25, 0.3) is 0 Å². The average molecular weight is 397 g/mol. The molecule has 0 aliphatic rings. The van der Waals surface area contributed by atoms with Crippen molar-refractivity contribution in [3.63, 3.8) is 0 Å². The number of aryl methyl sites for hydroxylation is 3. The second kappa shape index (κ2) is 9.20. The average Bonchev–Trinajstić information content (AvgIpc) is 3.08. The number of carbonyl (C=O) groups excluding carboxylic acids is 1. The van der Waals surface area contributed by atoms with Crippen LogP contribution in [0.5, 0.6) is 0 Å². The SMILES string of the molecule is Cc1ccc(SCCCC(=O)Nc2nc(-c3ccc(C)cc3C)cs2)cc1. The predicted molar refractivity (Wildman–Crippen MR) is 117 cm³/mol. The molecule has 0 aliphatic heterocycles. The molecule has 5 heteroatoms. The third kappa shape index (κ3) is 5.68. The zero-order valence-corrected chi connectivity index (χ0v) is 17.5. The van der Waals surface area contributed by atoms with Gasteiger partial charge in [-0.25, -0.2) is 4.98 Å². The molecule has 0 spiro atoms. The number of thioether (sulfide) groups is 1. The topological polar surface area (TPSA) is 42.0 Å². The summed E-state index contributed by atoms with van der Waals surface area (Å²) in [5.74, 6) is 0.961. The lowest BCUT2D eigenvalue weighted by Crippen LogP contribution is -2.11. The van der Waals surface area contributed by atoms with Gasteiger partial charge in [0.15, 0.2) is 5.13 Å². The van der Waals surface area contributed by atoms with E-state index < -0.39 is 0 Å². The quantitative estimate of drug-likeness (QED) is 0.379. The highest BCUT2D eigenvalue weighted by atomic mass is 32.2. The molecule has 140 valence electrons. The number of thiazole rings is 1. The number of amides is 1. The Bertz CT molecular complexity index is 916. The van der Waals surface area contributed by atoms with E-state index in [0.29, 0.717) is 11.6 Å².